The standard InChI is InChI=1S/C17H13F2N5O2S.2C2H6.2CH3F/c1-2-3-26-14-7-21-12(6-22-14)16(25)23-9-4-10(15(19)11(18)5-9)13-8-27-17(20)24-13;4*1-2/h1,4-7,13H,3,8H2,(H2,20,24)(H,23,25);2*1-2H3;2*1H3. The average molecular weight is 518 g/mol. The molecule has 2 aromatic rings. The molecule has 1 aliphatic rings. The molecule has 35 heavy (non-hydrogen) atoms. The summed E-state index contributed by atoms with van der Waals surface area (Å²) in [6, 6.07) is 1.58. The van der Waals surface area contributed by atoms with Gasteiger partial charge in [-0.25, -0.2) is 18.7 Å². The number of anilines is 1. The number of aliphatic imine (C=N–C) groups is 1. The van der Waals surface area contributed by atoms with E-state index in [2.05, 4.69) is 26.2 Å². The minimum absolute atomic E-state index is 0.0161. The molecule has 0 saturated heterocycles. The van der Waals surface area contributed by atoms with E-state index in [9.17, 15) is 22.4 Å². The highest BCUT2D eigenvalue weighted by molar-refractivity contribution is 8.14. The lowest BCUT2D eigenvalue weighted by Crippen LogP contribution is -2.15. The van der Waals surface area contributed by atoms with Crippen molar-refractivity contribution in [1.82, 2.24) is 9.97 Å². The SMILES string of the molecule is C#CCOc1cnc(C(=O)Nc2cc(F)c(F)c(C3CSC(N)=N3)c2)cn1.CC.CC.CF.CF. The van der Waals surface area contributed by atoms with Crippen LogP contribution in [0.4, 0.5) is 23.2 Å². The molecule has 12 heteroatoms. The van der Waals surface area contributed by atoms with Gasteiger partial charge in [-0.2, -0.15) is 0 Å². The van der Waals surface area contributed by atoms with Gasteiger partial charge in [0.25, 0.3) is 5.91 Å². The minimum Gasteiger partial charge on any atom is -0.463 e. The van der Waals surface area contributed by atoms with Crippen LogP contribution in [0.1, 0.15) is 49.8 Å². The van der Waals surface area contributed by atoms with Crippen molar-refractivity contribution < 1.29 is 27.1 Å². The molecule has 1 aromatic carbocycles. The lowest BCUT2D eigenvalue weighted by molar-refractivity contribution is 0.102. The van der Waals surface area contributed by atoms with Crippen LogP contribution in [-0.4, -0.2) is 47.8 Å². The molecule has 1 atom stereocenters. The number of nitrogens with zero attached hydrogens (tertiary/aromatic N) is 3. The highest BCUT2D eigenvalue weighted by Crippen LogP contribution is 2.33. The number of carbonyl (C=O) groups excluding carboxylic acids is 1. The number of nitrogens with two attached hydrogens (primary N) is 1. The number of aromatic nitrogens is 2. The first-order valence-corrected chi connectivity index (χ1v) is 11.4. The Bertz CT molecular complexity index is 954. The number of rotatable bonds is 5. The van der Waals surface area contributed by atoms with Gasteiger partial charge >= 0.3 is 0 Å². The number of nitrogens with one attached hydrogen (secondary N) is 1. The number of benzene rings is 1. The Balaban J connectivity index is 0. The third-order valence-corrected chi connectivity index (χ3v) is 4.39. The van der Waals surface area contributed by atoms with E-state index in [0.29, 0.717) is 25.3 Å². The van der Waals surface area contributed by atoms with Gasteiger partial charge in [0, 0.05) is 23.1 Å². The van der Waals surface area contributed by atoms with Crippen LogP contribution in [0.15, 0.2) is 29.5 Å². The highest BCUT2D eigenvalue weighted by Gasteiger charge is 2.24. The highest BCUT2D eigenvalue weighted by atomic mass is 32.2. The van der Waals surface area contributed by atoms with Gasteiger partial charge in [-0.15, -0.1) is 6.42 Å². The van der Waals surface area contributed by atoms with Crippen LogP contribution < -0.4 is 15.8 Å². The Morgan fingerprint density at radius 1 is 1.17 bits per heavy atom. The zero-order valence-electron chi connectivity index (χ0n) is 20.5. The fourth-order valence-corrected chi connectivity index (χ4v) is 3.08. The van der Waals surface area contributed by atoms with Crippen LogP contribution in [0.3, 0.4) is 0 Å². The summed E-state index contributed by atoms with van der Waals surface area (Å²) >= 11 is 1.25. The third-order valence-electron chi connectivity index (χ3n) is 3.51. The zero-order valence-corrected chi connectivity index (χ0v) is 21.4. The Labute approximate surface area is 208 Å². The van der Waals surface area contributed by atoms with E-state index in [0.717, 1.165) is 6.07 Å². The summed E-state index contributed by atoms with van der Waals surface area (Å²) in [5.41, 5.74) is 5.62. The molecule has 0 saturated carbocycles. The maximum atomic E-state index is 14.1. The first-order valence-electron chi connectivity index (χ1n) is 10.4. The van der Waals surface area contributed by atoms with Crippen molar-refractivity contribution in [1.29, 1.82) is 0 Å². The number of hydrogen-bond donors (Lipinski definition) is 2. The third kappa shape index (κ3) is 11.1. The summed E-state index contributed by atoms with van der Waals surface area (Å²) in [7, 11) is 1.00. The molecule has 1 amide bonds. The lowest BCUT2D eigenvalue weighted by Gasteiger charge is -2.12. The molecule has 1 unspecified atom stereocenters. The molecule has 3 N–H and O–H groups in total. The number of thioether (sulfide) groups is 1. The molecule has 2 heterocycles. The van der Waals surface area contributed by atoms with Gasteiger partial charge in [0.05, 0.1) is 32.8 Å². The molecule has 7 nitrogen and oxygen atoms in total. The second kappa shape index (κ2) is 20.1. The van der Waals surface area contributed by atoms with Gasteiger partial charge in [-0.3, -0.25) is 18.6 Å². The van der Waals surface area contributed by atoms with Crippen molar-refractivity contribution in [2.75, 3.05) is 32.0 Å². The van der Waals surface area contributed by atoms with Crippen LogP contribution in [0.2, 0.25) is 0 Å². The van der Waals surface area contributed by atoms with Crippen molar-refractivity contribution in [3.8, 4) is 18.2 Å². The molecule has 0 aliphatic carbocycles. The van der Waals surface area contributed by atoms with Crippen molar-refractivity contribution >= 4 is 28.5 Å². The molecule has 1 aliphatic heterocycles. The van der Waals surface area contributed by atoms with E-state index in [1.165, 1.54) is 30.2 Å². The molecule has 0 bridgehead atoms. The molecular weight excluding hydrogens is 486 g/mol. The van der Waals surface area contributed by atoms with Crippen LogP contribution >= 0.6 is 11.8 Å². The first kappa shape index (κ1) is 33.8. The number of carbonyl (C=O) groups is 1. The molecule has 0 spiro atoms. The van der Waals surface area contributed by atoms with Crippen molar-refractivity contribution in [3.05, 3.63) is 47.4 Å². The second-order valence-electron chi connectivity index (χ2n) is 5.34. The molecule has 1 aromatic heterocycles. The van der Waals surface area contributed by atoms with E-state index in [-0.39, 0.29) is 29.4 Å². The summed E-state index contributed by atoms with van der Waals surface area (Å²) in [6.45, 7) is 8.02. The number of amides is 1. The topological polar surface area (TPSA) is 102 Å². The number of hydrogen-bond acceptors (Lipinski definition) is 7. The lowest BCUT2D eigenvalue weighted by atomic mass is 10.1. The van der Waals surface area contributed by atoms with E-state index in [1.807, 2.05) is 27.7 Å². The molecule has 194 valence electrons. The molecule has 3 rings (SSSR count). The first-order chi connectivity index (χ1) is 17.0. The predicted molar refractivity (Wildman–Crippen MR) is 134 cm³/mol. The Morgan fingerprint density at radius 2 is 1.80 bits per heavy atom. The fraction of sp³-hybridized carbons (Fsp3) is 0.391. The van der Waals surface area contributed by atoms with Crippen molar-refractivity contribution in [2.24, 2.45) is 10.7 Å². The number of ether oxygens (including phenoxy) is 1. The van der Waals surface area contributed by atoms with E-state index in [4.69, 9.17) is 16.9 Å². The Kier molecular flexibility index (Phi) is 19.4. The maximum Gasteiger partial charge on any atom is 0.275 e. The van der Waals surface area contributed by atoms with Gasteiger partial charge in [-0.05, 0) is 6.07 Å². The van der Waals surface area contributed by atoms with Gasteiger partial charge in [-0.1, -0.05) is 45.4 Å². The smallest absolute Gasteiger partial charge is 0.275 e. The normalized spacial score (nSPS) is 12.8. The second-order valence-corrected chi connectivity index (χ2v) is 6.38. The van der Waals surface area contributed by atoms with E-state index < -0.39 is 23.6 Å². The Morgan fingerprint density at radius 3 is 2.29 bits per heavy atom. The number of halogens is 4. The summed E-state index contributed by atoms with van der Waals surface area (Å²) in [5.74, 6) is 0.0598. The molecule has 0 fully saturated rings. The largest absolute Gasteiger partial charge is 0.463 e. The zero-order chi connectivity index (χ0) is 27.4. The summed E-state index contributed by atoms with van der Waals surface area (Å²) in [4.78, 5) is 24.1. The number of amidine groups is 1. The van der Waals surface area contributed by atoms with E-state index in [1.54, 1.807) is 0 Å². The molecule has 0 radical (unpaired) electrons. The van der Waals surface area contributed by atoms with Crippen LogP contribution in [0, 0.1) is 24.0 Å². The fourth-order valence-electron chi connectivity index (χ4n) is 2.30. The van der Waals surface area contributed by atoms with Gasteiger partial charge in [0.1, 0.15) is 5.69 Å². The van der Waals surface area contributed by atoms with Crippen molar-refractivity contribution in [2.45, 2.75) is 33.7 Å². The average Bonchev–Trinajstić information content (AvgIpc) is 3.35. The van der Waals surface area contributed by atoms with Crippen LogP contribution in [0.25, 0.3) is 0 Å². The Hall–Kier alpha value is -3.33. The van der Waals surface area contributed by atoms with Crippen LogP contribution in [-0.2, 0) is 0 Å². The minimum atomic E-state index is -1.10. The summed E-state index contributed by atoms with van der Waals surface area (Å²) in [5, 5.41) is 2.76. The number of terminal acetylenes is 1. The summed E-state index contributed by atoms with van der Waals surface area (Å²) < 4.78 is 52.1. The van der Waals surface area contributed by atoms with Gasteiger partial charge in [0.2, 0.25) is 5.88 Å². The monoisotopic (exact) mass is 517 g/mol. The predicted octanol–water partition coefficient (Wildman–Crippen LogP) is 5.35. The van der Waals surface area contributed by atoms with E-state index >= 15 is 0 Å². The van der Waals surface area contributed by atoms with Crippen LogP contribution in [0.5, 0.6) is 5.88 Å². The maximum absolute atomic E-state index is 14.1. The van der Waals surface area contributed by atoms with Crippen molar-refractivity contribution in [3.63, 3.8) is 0 Å². The van der Waals surface area contributed by atoms with Gasteiger partial charge < -0.3 is 15.8 Å². The molecular formula is C23H31F4N5O2S. The van der Waals surface area contributed by atoms with Gasteiger partial charge in [0.15, 0.2) is 23.4 Å². The number of alkyl halides is 2. The summed E-state index contributed by atoms with van der Waals surface area (Å²) in [6.07, 6.45) is 7.48. The quantitative estimate of drug-likeness (QED) is 0.410.